The minimum atomic E-state index is -4.52. The van der Waals surface area contributed by atoms with Crippen LogP contribution in [0.4, 0.5) is 13.2 Å². The Morgan fingerprint density at radius 2 is 2.00 bits per heavy atom. The van der Waals surface area contributed by atoms with Crippen LogP contribution < -0.4 is 0 Å². The Labute approximate surface area is 118 Å². The number of pyridine rings is 1. The highest BCUT2D eigenvalue weighted by atomic mass is 19.4. The molecule has 0 aliphatic heterocycles. The van der Waals surface area contributed by atoms with Crippen LogP contribution in [-0.4, -0.2) is 10.8 Å². The summed E-state index contributed by atoms with van der Waals surface area (Å²) in [5.41, 5.74) is -0.693. The van der Waals surface area contributed by atoms with E-state index in [9.17, 15) is 18.0 Å². The van der Waals surface area contributed by atoms with Crippen LogP contribution in [0.3, 0.4) is 0 Å². The van der Waals surface area contributed by atoms with Crippen molar-refractivity contribution in [2.24, 2.45) is 0 Å². The van der Waals surface area contributed by atoms with Gasteiger partial charge in [0, 0.05) is 18.0 Å². The Hall–Kier alpha value is -2.68. The van der Waals surface area contributed by atoms with Crippen molar-refractivity contribution in [1.29, 1.82) is 5.26 Å². The van der Waals surface area contributed by atoms with E-state index in [-0.39, 0.29) is 11.1 Å². The molecule has 0 radical (unpaired) electrons. The summed E-state index contributed by atoms with van der Waals surface area (Å²) >= 11 is 0. The molecule has 1 atom stereocenters. The van der Waals surface area contributed by atoms with Gasteiger partial charge in [0.05, 0.1) is 11.6 Å². The molecule has 2 rings (SSSR count). The molecule has 0 aliphatic carbocycles. The third kappa shape index (κ3) is 3.26. The van der Waals surface area contributed by atoms with E-state index in [1.807, 2.05) is 0 Å². The molecule has 1 aromatic carbocycles. The molecule has 0 bridgehead atoms. The molecular formula is C15H9F3N2O. The van der Waals surface area contributed by atoms with E-state index in [1.54, 1.807) is 6.07 Å². The zero-order chi connectivity index (χ0) is 15.5. The number of aromatic nitrogens is 1. The summed E-state index contributed by atoms with van der Waals surface area (Å²) in [6, 6.07) is 8.97. The van der Waals surface area contributed by atoms with Crippen molar-refractivity contribution in [3.63, 3.8) is 0 Å². The molecule has 21 heavy (non-hydrogen) atoms. The normalized spacial score (nSPS) is 12.5. The van der Waals surface area contributed by atoms with Crippen molar-refractivity contribution in [2.75, 3.05) is 0 Å². The Morgan fingerprint density at radius 3 is 2.57 bits per heavy atom. The average Bonchev–Trinajstić information content (AvgIpc) is 2.48. The molecule has 1 aromatic heterocycles. The standard InChI is InChI=1S/C15H9F3N2O/c16-15(17,18)12-5-1-3-10(7-12)13(8-19)14(21)11-4-2-6-20-9-11/h1-7,9,13H. The van der Waals surface area contributed by atoms with Crippen molar-refractivity contribution in [1.82, 2.24) is 4.98 Å². The number of Topliss-reactive ketones (excluding diaryl/α,β-unsaturated/α-hetero) is 1. The maximum Gasteiger partial charge on any atom is 0.416 e. The molecule has 0 spiro atoms. The van der Waals surface area contributed by atoms with Crippen molar-refractivity contribution in [3.05, 3.63) is 65.5 Å². The molecule has 0 aliphatic rings. The average molecular weight is 290 g/mol. The first-order chi connectivity index (χ1) is 9.93. The van der Waals surface area contributed by atoms with Gasteiger partial charge in [0.15, 0.2) is 5.78 Å². The van der Waals surface area contributed by atoms with E-state index < -0.39 is 23.4 Å². The molecule has 6 heteroatoms. The maximum absolute atomic E-state index is 12.7. The molecule has 3 nitrogen and oxygen atoms in total. The number of benzene rings is 1. The van der Waals surface area contributed by atoms with E-state index in [0.29, 0.717) is 0 Å². The number of rotatable bonds is 3. The van der Waals surface area contributed by atoms with E-state index >= 15 is 0 Å². The number of hydrogen-bond acceptors (Lipinski definition) is 3. The molecule has 0 amide bonds. The number of alkyl halides is 3. The fourth-order valence-electron chi connectivity index (χ4n) is 1.85. The summed E-state index contributed by atoms with van der Waals surface area (Å²) in [4.78, 5) is 16.0. The van der Waals surface area contributed by atoms with E-state index in [4.69, 9.17) is 5.26 Å². The predicted molar refractivity (Wildman–Crippen MR) is 68.4 cm³/mol. The second kappa shape index (κ2) is 5.75. The molecule has 0 saturated carbocycles. The lowest BCUT2D eigenvalue weighted by Crippen LogP contribution is -2.13. The molecule has 2 aromatic rings. The molecule has 1 heterocycles. The summed E-state index contributed by atoms with van der Waals surface area (Å²) in [6.45, 7) is 0. The number of carbonyl (C=O) groups is 1. The van der Waals surface area contributed by atoms with Gasteiger partial charge < -0.3 is 0 Å². The fourth-order valence-corrected chi connectivity index (χ4v) is 1.85. The van der Waals surface area contributed by atoms with Gasteiger partial charge in [-0.15, -0.1) is 0 Å². The highest BCUT2D eigenvalue weighted by Crippen LogP contribution is 2.31. The summed E-state index contributed by atoms with van der Waals surface area (Å²) in [6.07, 6.45) is -1.78. The smallest absolute Gasteiger partial charge is 0.292 e. The largest absolute Gasteiger partial charge is 0.416 e. The van der Waals surface area contributed by atoms with Crippen LogP contribution in [0.5, 0.6) is 0 Å². The van der Waals surface area contributed by atoms with Crippen LogP contribution in [0.25, 0.3) is 0 Å². The highest BCUT2D eigenvalue weighted by molar-refractivity contribution is 6.02. The van der Waals surface area contributed by atoms with Gasteiger partial charge in [0.2, 0.25) is 0 Å². The molecule has 1 unspecified atom stereocenters. The Bertz CT molecular complexity index is 690. The second-order valence-electron chi connectivity index (χ2n) is 4.29. The van der Waals surface area contributed by atoms with Crippen molar-refractivity contribution >= 4 is 5.78 Å². The van der Waals surface area contributed by atoms with Gasteiger partial charge in [-0.2, -0.15) is 18.4 Å². The van der Waals surface area contributed by atoms with E-state index in [1.165, 1.54) is 36.7 Å². The lowest BCUT2D eigenvalue weighted by atomic mass is 9.91. The van der Waals surface area contributed by atoms with Crippen LogP contribution in [0.2, 0.25) is 0 Å². The van der Waals surface area contributed by atoms with Crippen LogP contribution in [0.1, 0.15) is 27.4 Å². The summed E-state index contributed by atoms with van der Waals surface area (Å²) < 4.78 is 38.0. The minimum absolute atomic E-state index is 0.0150. The first-order valence-corrected chi connectivity index (χ1v) is 5.94. The lowest BCUT2D eigenvalue weighted by Gasteiger charge is -2.12. The van der Waals surface area contributed by atoms with Crippen LogP contribution >= 0.6 is 0 Å². The van der Waals surface area contributed by atoms with Crippen molar-refractivity contribution < 1.29 is 18.0 Å². The SMILES string of the molecule is N#CC(C(=O)c1cccnc1)c1cccc(C(F)(F)F)c1. The second-order valence-corrected chi connectivity index (χ2v) is 4.29. The minimum Gasteiger partial charge on any atom is -0.292 e. The fraction of sp³-hybridized carbons (Fsp3) is 0.133. The van der Waals surface area contributed by atoms with Gasteiger partial charge in [-0.1, -0.05) is 18.2 Å². The topological polar surface area (TPSA) is 53.8 Å². The first kappa shape index (κ1) is 14.7. The zero-order valence-electron chi connectivity index (χ0n) is 10.6. The van der Waals surface area contributed by atoms with Gasteiger partial charge >= 0.3 is 6.18 Å². The van der Waals surface area contributed by atoms with Gasteiger partial charge in [0.1, 0.15) is 5.92 Å². The van der Waals surface area contributed by atoms with Gasteiger partial charge in [-0.25, -0.2) is 0 Å². The Kier molecular flexibility index (Phi) is 4.03. The van der Waals surface area contributed by atoms with Crippen molar-refractivity contribution in [3.8, 4) is 6.07 Å². The van der Waals surface area contributed by atoms with Crippen LogP contribution in [0, 0.1) is 11.3 Å². The number of halogens is 3. The summed E-state index contributed by atoms with van der Waals surface area (Å²) in [5.74, 6) is -1.87. The molecule has 106 valence electrons. The first-order valence-electron chi connectivity index (χ1n) is 5.94. The summed E-state index contributed by atoms with van der Waals surface area (Å²) in [5, 5.41) is 9.13. The van der Waals surface area contributed by atoms with E-state index in [0.717, 1.165) is 12.1 Å². The monoisotopic (exact) mass is 290 g/mol. The number of ketones is 1. The van der Waals surface area contributed by atoms with Gasteiger partial charge in [-0.3, -0.25) is 9.78 Å². The third-order valence-electron chi connectivity index (χ3n) is 2.88. The number of nitrogens with zero attached hydrogens (tertiary/aromatic N) is 2. The Morgan fingerprint density at radius 1 is 1.24 bits per heavy atom. The van der Waals surface area contributed by atoms with Crippen molar-refractivity contribution in [2.45, 2.75) is 12.1 Å². The zero-order valence-corrected chi connectivity index (χ0v) is 10.6. The molecule has 0 fully saturated rings. The third-order valence-corrected chi connectivity index (χ3v) is 2.88. The summed E-state index contributed by atoms with van der Waals surface area (Å²) in [7, 11) is 0. The Balaban J connectivity index is 2.39. The van der Waals surface area contributed by atoms with Gasteiger partial charge in [-0.05, 0) is 23.8 Å². The quantitative estimate of drug-likeness (QED) is 0.812. The molecular weight excluding hydrogens is 281 g/mol. The van der Waals surface area contributed by atoms with Gasteiger partial charge in [0.25, 0.3) is 0 Å². The van der Waals surface area contributed by atoms with Crippen LogP contribution in [0.15, 0.2) is 48.8 Å². The number of nitriles is 1. The highest BCUT2D eigenvalue weighted by Gasteiger charge is 2.32. The number of carbonyl (C=O) groups excluding carboxylic acids is 1. The number of hydrogen-bond donors (Lipinski definition) is 0. The van der Waals surface area contributed by atoms with E-state index in [2.05, 4.69) is 4.98 Å². The molecule has 0 N–H and O–H groups in total. The maximum atomic E-state index is 12.7. The molecule has 0 saturated heterocycles. The lowest BCUT2D eigenvalue weighted by molar-refractivity contribution is -0.137. The van der Waals surface area contributed by atoms with Crippen LogP contribution in [-0.2, 0) is 6.18 Å². The predicted octanol–water partition coefficient (Wildman–Crippen LogP) is 3.59.